The van der Waals surface area contributed by atoms with E-state index < -0.39 is 11.6 Å². The Hall–Kier alpha value is -0.960. The normalized spacial score (nSPS) is 28.6. The van der Waals surface area contributed by atoms with Gasteiger partial charge in [-0.15, -0.1) is 0 Å². The van der Waals surface area contributed by atoms with Gasteiger partial charge in [-0.1, -0.05) is 13.8 Å². The minimum atomic E-state index is -0.456. The van der Waals surface area contributed by atoms with Crippen LogP contribution < -0.4 is 5.32 Å². The van der Waals surface area contributed by atoms with E-state index in [4.69, 9.17) is 0 Å². The molecule has 0 spiro atoms. The molecule has 1 aromatic rings. The van der Waals surface area contributed by atoms with E-state index in [1.807, 2.05) is 0 Å². The minimum absolute atomic E-state index is 0.254. The van der Waals surface area contributed by atoms with Crippen molar-refractivity contribution in [1.29, 1.82) is 0 Å². The quantitative estimate of drug-likeness (QED) is 0.853. The van der Waals surface area contributed by atoms with Crippen molar-refractivity contribution in [2.45, 2.75) is 57.9 Å². The lowest BCUT2D eigenvalue weighted by molar-refractivity contribution is 0.159. The number of hydrogen-bond donors (Lipinski definition) is 1. The lowest BCUT2D eigenvalue weighted by Crippen LogP contribution is -2.35. The van der Waals surface area contributed by atoms with Crippen LogP contribution in [0.15, 0.2) is 18.2 Å². The molecule has 0 bridgehead atoms. The van der Waals surface area contributed by atoms with E-state index in [9.17, 15) is 8.78 Å². The third kappa shape index (κ3) is 3.82. The highest BCUT2D eigenvalue weighted by atomic mass is 19.1. The Labute approximate surface area is 126 Å². The first-order valence-electron chi connectivity index (χ1n) is 8.12. The van der Waals surface area contributed by atoms with Crippen molar-refractivity contribution in [3.05, 3.63) is 35.4 Å². The summed E-state index contributed by atoms with van der Waals surface area (Å²) in [5.74, 6) is -0.172. The highest BCUT2D eigenvalue weighted by Gasteiger charge is 2.36. The smallest absolute Gasteiger partial charge is 0.126 e. The summed E-state index contributed by atoms with van der Waals surface area (Å²) in [7, 11) is 0. The van der Waals surface area contributed by atoms with Crippen LogP contribution in [0.1, 0.15) is 57.4 Å². The van der Waals surface area contributed by atoms with Crippen LogP contribution in [0.5, 0.6) is 0 Å². The predicted octanol–water partition coefficient (Wildman–Crippen LogP) is 4.63. The SMILES string of the molecule is CC1(C)CCC(CNC2CC2)C(c2cc(F)cc(F)c2)C1. The monoisotopic (exact) mass is 293 g/mol. The Morgan fingerprint density at radius 2 is 1.76 bits per heavy atom. The molecule has 0 aliphatic heterocycles. The Balaban J connectivity index is 1.80. The van der Waals surface area contributed by atoms with Crippen LogP contribution in [0.3, 0.4) is 0 Å². The van der Waals surface area contributed by atoms with Crippen LogP contribution in [-0.4, -0.2) is 12.6 Å². The van der Waals surface area contributed by atoms with Crippen LogP contribution in [0, 0.1) is 23.0 Å². The maximum absolute atomic E-state index is 13.6. The van der Waals surface area contributed by atoms with Crippen LogP contribution in [0.25, 0.3) is 0 Å². The standard InChI is InChI=1S/C18H25F2N/c1-18(2)6-5-12(11-21-16-3-4-16)17(10-18)13-7-14(19)9-15(20)8-13/h7-9,12,16-17,21H,3-6,10-11H2,1-2H3. The molecule has 1 N–H and O–H groups in total. The van der Waals surface area contributed by atoms with Gasteiger partial charge in [-0.25, -0.2) is 8.78 Å². The Morgan fingerprint density at radius 1 is 1.10 bits per heavy atom. The maximum Gasteiger partial charge on any atom is 0.126 e. The first-order chi connectivity index (χ1) is 9.93. The molecule has 0 saturated heterocycles. The van der Waals surface area contributed by atoms with Gasteiger partial charge in [-0.05, 0) is 73.6 Å². The summed E-state index contributed by atoms with van der Waals surface area (Å²) < 4.78 is 27.1. The molecular weight excluding hydrogens is 268 g/mol. The number of rotatable bonds is 4. The third-order valence-corrected chi connectivity index (χ3v) is 5.09. The fourth-order valence-electron chi connectivity index (χ4n) is 3.67. The molecule has 2 unspecified atom stereocenters. The zero-order valence-electron chi connectivity index (χ0n) is 13.0. The molecule has 0 radical (unpaired) electrons. The summed E-state index contributed by atoms with van der Waals surface area (Å²) in [6.07, 6.45) is 5.88. The van der Waals surface area contributed by atoms with Gasteiger partial charge >= 0.3 is 0 Å². The van der Waals surface area contributed by atoms with Gasteiger partial charge in [0.1, 0.15) is 11.6 Å². The molecule has 1 nitrogen and oxygen atoms in total. The van der Waals surface area contributed by atoms with Gasteiger partial charge in [-0.3, -0.25) is 0 Å². The average Bonchev–Trinajstić information content (AvgIpc) is 3.19. The molecule has 2 aliphatic carbocycles. The molecule has 116 valence electrons. The summed E-state index contributed by atoms with van der Waals surface area (Å²) in [6, 6.07) is 4.71. The van der Waals surface area contributed by atoms with Crippen LogP contribution >= 0.6 is 0 Å². The van der Waals surface area contributed by atoms with Gasteiger partial charge in [-0.2, -0.15) is 0 Å². The van der Waals surface area contributed by atoms with Crippen LogP contribution in [-0.2, 0) is 0 Å². The second-order valence-corrected chi connectivity index (χ2v) is 7.66. The molecule has 2 aliphatic rings. The summed E-state index contributed by atoms with van der Waals surface area (Å²) in [6.45, 7) is 5.50. The van der Waals surface area contributed by atoms with Gasteiger partial charge in [0.05, 0.1) is 0 Å². The highest BCUT2D eigenvalue weighted by molar-refractivity contribution is 5.24. The van der Waals surface area contributed by atoms with E-state index in [1.165, 1.54) is 31.4 Å². The molecule has 2 fully saturated rings. The second-order valence-electron chi connectivity index (χ2n) is 7.66. The highest BCUT2D eigenvalue weighted by Crippen LogP contribution is 2.46. The molecule has 3 rings (SSSR count). The number of hydrogen-bond acceptors (Lipinski definition) is 1. The summed E-state index contributed by atoms with van der Waals surface area (Å²) in [5.41, 5.74) is 1.09. The van der Waals surface area contributed by atoms with E-state index in [0.717, 1.165) is 31.0 Å². The summed E-state index contributed by atoms with van der Waals surface area (Å²) in [4.78, 5) is 0. The molecule has 3 heteroatoms. The van der Waals surface area contributed by atoms with Crippen LogP contribution in [0.2, 0.25) is 0 Å². The van der Waals surface area contributed by atoms with Crippen molar-refractivity contribution in [2.24, 2.45) is 11.3 Å². The van der Waals surface area contributed by atoms with Gasteiger partial charge in [0.25, 0.3) is 0 Å². The fraction of sp³-hybridized carbons (Fsp3) is 0.667. The molecule has 2 saturated carbocycles. The van der Waals surface area contributed by atoms with Crippen molar-refractivity contribution in [2.75, 3.05) is 6.54 Å². The molecule has 0 heterocycles. The van der Waals surface area contributed by atoms with Gasteiger partial charge in [0.2, 0.25) is 0 Å². The first-order valence-corrected chi connectivity index (χ1v) is 8.12. The summed E-state index contributed by atoms with van der Waals surface area (Å²) >= 11 is 0. The Bertz CT molecular complexity index is 486. The molecule has 2 atom stereocenters. The number of halogens is 2. The third-order valence-electron chi connectivity index (χ3n) is 5.09. The first kappa shape index (κ1) is 15.0. The zero-order valence-corrected chi connectivity index (χ0v) is 13.0. The van der Waals surface area contributed by atoms with Crippen molar-refractivity contribution in [3.8, 4) is 0 Å². The van der Waals surface area contributed by atoms with Crippen molar-refractivity contribution < 1.29 is 8.78 Å². The van der Waals surface area contributed by atoms with Crippen molar-refractivity contribution in [3.63, 3.8) is 0 Å². The number of benzene rings is 1. The van der Waals surface area contributed by atoms with E-state index >= 15 is 0 Å². The molecule has 0 aromatic heterocycles. The van der Waals surface area contributed by atoms with E-state index in [2.05, 4.69) is 19.2 Å². The maximum atomic E-state index is 13.6. The van der Waals surface area contributed by atoms with Gasteiger partial charge in [0, 0.05) is 12.1 Å². The summed E-state index contributed by atoms with van der Waals surface area (Å²) in [5, 5.41) is 3.60. The number of nitrogens with one attached hydrogen (secondary N) is 1. The van der Waals surface area contributed by atoms with Crippen molar-refractivity contribution >= 4 is 0 Å². The fourth-order valence-corrected chi connectivity index (χ4v) is 3.67. The Morgan fingerprint density at radius 3 is 2.38 bits per heavy atom. The van der Waals surface area contributed by atoms with Crippen molar-refractivity contribution in [1.82, 2.24) is 5.32 Å². The lowest BCUT2D eigenvalue weighted by atomic mass is 9.65. The van der Waals surface area contributed by atoms with E-state index in [0.29, 0.717) is 12.0 Å². The average molecular weight is 293 g/mol. The van der Waals surface area contributed by atoms with Gasteiger partial charge < -0.3 is 5.32 Å². The Kier molecular flexibility index (Phi) is 4.04. The molecule has 1 aromatic carbocycles. The van der Waals surface area contributed by atoms with Crippen LogP contribution in [0.4, 0.5) is 8.78 Å². The second kappa shape index (κ2) is 5.68. The van der Waals surface area contributed by atoms with E-state index in [-0.39, 0.29) is 11.3 Å². The van der Waals surface area contributed by atoms with Gasteiger partial charge in [0.15, 0.2) is 0 Å². The molecule has 0 amide bonds. The largest absolute Gasteiger partial charge is 0.314 e. The molecule has 21 heavy (non-hydrogen) atoms. The molecular formula is C18H25F2N. The topological polar surface area (TPSA) is 12.0 Å². The van der Waals surface area contributed by atoms with E-state index in [1.54, 1.807) is 0 Å². The minimum Gasteiger partial charge on any atom is -0.314 e. The predicted molar refractivity (Wildman–Crippen MR) is 81.2 cm³/mol. The zero-order chi connectivity index (χ0) is 15.0. The lowest BCUT2D eigenvalue weighted by Gasteiger charge is -2.41.